The van der Waals surface area contributed by atoms with Gasteiger partial charge in [0.1, 0.15) is 11.4 Å². The van der Waals surface area contributed by atoms with E-state index in [2.05, 4.69) is 0 Å². The number of Topliss-reactive ketones (excluding diaryl/α,β-unsaturated/α-hetero) is 1. The standard InChI is InChI=1S/C13H17O5P/c1-16-11-6-4-5-10-9(11)7-8-12(13(10)14)19(15,17-2)18-3/h4-6,12H,7-8H2,1-3H3. The first-order valence-corrected chi connectivity index (χ1v) is 7.60. The Kier molecular flexibility index (Phi) is 4.09. The Labute approximate surface area is 112 Å². The van der Waals surface area contributed by atoms with Gasteiger partial charge in [0.15, 0.2) is 5.78 Å². The van der Waals surface area contributed by atoms with Gasteiger partial charge in [0.25, 0.3) is 0 Å². The zero-order chi connectivity index (χ0) is 14.0. The molecule has 1 atom stereocenters. The first-order valence-electron chi connectivity index (χ1n) is 5.98. The number of benzene rings is 1. The van der Waals surface area contributed by atoms with Crippen LogP contribution in [0.3, 0.4) is 0 Å². The van der Waals surface area contributed by atoms with E-state index < -0.39 is 13.3 Å². The highest BCUT2D eigenvalue weighted by molar-refractivity contribution is 7.55. The van der Waals surface area contributed by atoms with E-state index in [9.17, 15) is 9.36 Å². The molecule has 0 heterocycles. The number of ether oxygens (including phenoxy) is 1. The number of hydrogen-bond donors (Lipinski definition) is 0. The molecular formula is C13H17O5P. The van der Waals surface area contributed by atoms with Crippen molar-refractivity contribution in [3.63, 3.8) is 0 Å². The molecule has 0 spiro atoms. The van der Waals surface area contributed by atoms with Crippen LogP contribution >= 0.6 is 7.60 Å². The number of carbonyl (C=O) groups excluding carboxylic acids is 1. The maximum atomic E-state index is 12.5. The Morgan fingerprint density at radius 3 is 2.47 bits per heavy atom. The molecule has 1 aliphatic carbocycles. The third-order valence-corrected chi connectivity index (χ3v) is 5.75. The van der Waals surface area contributed by atoms with Crippen LogP contribution in [0.25, 0.3) is 0 Å². The van der Waals surface area contributed by atoms with Crippen LogP contribution < -0.4 is 4.74 Å². The first-order chi connectivity index (χ1) is 9.07. The topological polar surface area (TPSA) is 61.8 Å². The molecule has 0 bridgehead atoms. The molecule has 0 saturated heterocycles. The number of rotatable bonds is 4. The minimum absolute atomic E-state index is 0.202. The molecule has 0 aliphatic heterocycles. The molecule has 5 nitrogen and oxygen atoms in total. The average Bonchev–Trinajstić information content (AvgIpc) is 2.46. The minimum Gasteiger partial charge on any atom is -0.496 e. The second-order valence-electron chi connectivity index (χ2n) is 4.31. The average molecular weight is 284 g/mol. The predicted octanol–water partition coefficient (Wildman–Crippen LogP) is 2.68. The van der Waals surface area contributed by atoms with E-state index in [1.807, 2.05) is 6.07 Å². The lowest BCUT2D eigenvalue weighted by Crippen LogP contribution is -2.29. The molecule has 1 aromatic rings. The second kappa shape index (κ2) is 5.45. The lowest BCUT2D eigenvalue weighted by atomic mass is 9.89. The van der Waals surface area contributed by atoms with Gasteiger partial charge in [-0.05, 0) is 18.9 Å². The summed E-state index contributed by atoms with van der Waals surface area (Å²) in [7, 11) is 0.797. The Morgan fingerprint density at radius 2 is 1.89 bits per heavy atom. The molecule has 6 heteroatoms. The van der Waals surface area contributed by atoms with Crippen LogP contribution in [0, 0.1) is 0 Å². The maximum absolute atomic E-state index is 12.5. The molecule has 1 aromatic carbocycles. The van der Waals surface area contributed by atoms with Crippen LogP contribution in [0.15, 0.2) is 18.2 Å². The van der Waals surface area contributed by atoms with Gasteiger partial charge in [-0.2, -0.15) is 0 Å². The van der Waals surface area contributed by atoms with Crippen molar-refractivity contribution in [2.75, 3.05) is 21.3 Å². The number of methoxy groups -OCH3 is 1. The fourth-order valence-electron chi connectivity index (χ4n) is 2.47. The van der Waals surface area contributed by atoms with Gasteiger partial charge < -0.3 is 13.8 Å². The van der Waals surface area contributed by atoms with Crippen LogP contribution in [-0.4, -0.2) is 32.8 Å². The third kappa shape index (κ3) is 2.34. The number of carbonyl (C=O) groups is 1. The third-order valence-electron chi connectivity index (χ3n) is 3.48. The number of ketones is 1. The molecule has 0 radical (unpaired) electrons. The highest BCUT2D eigenvalue weighted by Crippen LogP contribution is 2.55. The summed E-state index contributed by atoms with van der Waals surface area (Å²) in [6.45, 7) is 0. The van der Waals surface area contributed by atoms with Crippen molar-refractivity contribution in [2.24, 2.45) is 0 Å². The van der Waals surface area contributed by atoms with E-state index >= 15 is 0 Å². The lowest BCUT2D eigenvalue weighted by Gasteiger charge is -2.28. The van der Waals surface area contributed by atoms with E-state index in [0.717, 1.165) is 5.56 Å². The number of hydrogen-bond acceptors (Lipinski definition) is 5. The normalized spacial score (nSPS) is 19.1. The lowest BCUT2D eigenvalue weighted by molar-refractivity contribution is 0.0960. The molecule has 0 amide bonds. The fourth-order valence-corrected chi connectivity index (χ4v) is 4.00. The summed E-state index contributed by atoms with van der Waals surface area (Å²) in [5.74, 6) is 0.487. The molecule has 0 saturated carbocycles. The molecule has 0 N–H and O–H groups in total. The molecule has 2 rings (SSSR count). The zero-order valence-corrected chi connectivity index (χ0v) is 12.1. The van der Waals surface area contributed by atoms with Crippen LogP contribution in [0.4, 0.5) is 0 Å². The maximum Gasteiger partial charge on any atom is 0.340 e. The Bertz CT molecular complexity index is 532. The smallest absolute Gasteiger partial charge is 0.340 e. The minimum atomic E-state index is -3.38. The van der Waals surface area contributed by atoms with Crippen LogP contribution in [0.1, 0.15) is 22.3 Å². The van der Waals surface area contributed by atoms with Crippen molar-refractivity contribution >= 4 is 13.4 Å². The Hall–Kier alpha value is -1.16. The highest BCUT2D eigenvalue weighted by Gasteiger charge is 2.43. The molecule has 19 heavy (non-hydrogen) atoms. The van der Waals surface area contributed by atoms with Gasteiger partial charge in [-0.3, -0.25) is 9.36 Å². The summed E-state index contributed by atoms with van der Waals surface area (Å²) in [6, 6.07) is 5.29. The van der Waals surface area contributed by atoms with Crippen LogP contribution in [0.5, 0.6) is 5.75 Å². The Balaban J connectivity index is 2.43. The van der Waals surface area contributed by atoms with Crippen molar-refractivity contribution in [2.45, 2.75) is 18.5 Å². The van der Waals surface area contributed by atoms with Gasteiger partial charge in [0.2, 0.25) is 0 Å². The monoisotopic (exact) mass is 284 g/mol. The fraction of sp³-hybridized carbons (Fsp3) is 0.462. The zero-order valence-electron chi connectivity index (χ0n) is 11.2. The van der Waals surface area contributed by atoms with E-state index in [-0.39, 0.29) is 5.78 Å². The predicted molar refractivity (Wildman–Crippen MR) is 71.1 cm³/mol. The largest absolute Gasteiger partial charge is 0.496 e. The van der Waals surface area contributed by atoms with Gasteiger partial charge >= 0.3 is 7.60 Å². The number of fused-ring (bicyclic) bond motifs is 1. The van der Waals surface area contributed by atoms with Crippen LogP contribution in [-0.2, 0) is 20.0 Å². The van der Waals surface area contributed by atoms with Gasteiger partial charge in [0, 0.05) is 25.3 Å². The summed E-state index contributed by atoms with van der Waals surface area (Å²) < 4.78 is 27.5. The van der Waals surface area contributed by atoms with Crippen LogP contribution in [0.2, 0.25) is 0 Å². The SMILES string of the molecule is COc1cccc2c1CCC(P(=O)(OC)OC)C2=O. The van der Waals surface area contributed by atoms with Gasteiger partial charge in [-0.1, -0.05) is 12.1 Å². The van der Waals surface area contributed by atoms with Crippen molar-refractivity contribution in [3.05, 3.63) is 29.3 Å². The second-order valence-corrected chi connectivity index (χ2v) is 6.74. The summed E-state index contributed by atoms with van der Waals surface area (Å²) >= 11 is 0. The van der Waals surface area contributed by atoms with E-state index in [4.69, 9.17) is 13.8 Å². The van der Waals surface area contributed by atoms with Crippen molar-refractivity contribution in [3.8, 4) is 5.75 Å². The van der Waals surface area contributed by atoms with E-state index in [1.165, 1.54) is 14.2 Å². The Morgan fingerprint density at radius 1 is 1.21 bits per heavy atom. The quantitative estimate of drug-likeness (QED) is 0.795. The van der Waals surface area contributed by atoms with Crippen molar-refractivity contribution in [1.29, 1.82) is 0 Å². The summed E-state index contributed by atoms with van der Waals surface area (Å²) in [4.78, 5) is 12.5. The van der Waals surface area contributed by atoms with Crippen molar-refractivity contribution in [1.82, 2.24) is 0 Å². The van der Waals surface area contributed by atoms with Crippen molar-refractivity contribution < 1.29 is 23.1 Å². The molecular weight excluding hydrogens is 267 g/mol. The van der Waals surface area contributed by atoms with Gasteiger partial charge in [-0.25, -0.2) is 0 Å². The molecule has 0 fully saturated rings. The molecule has 1 aliphatic rings. The first kappa shape index (κ1) is 14.3. The summed E-state index contributed by atoms with van der Waals surface area (Å²) in [6.07, 6.45) is 1.05. The highest BCUT2D eigenvalue weighted by atomic mass is 31.2. The van der Waals surface area contributed by atoms with Gasteiger partial charge in [0.05, 0.1) is 7.11 Å². The van der Waals surface area contributed by atoms with Gasteiger partial charge in [-0.15, -0.1) is 0 Å². The summed E-state index contributed by atoms with van der Waals surface area (Å²) in [5.41, 5.74) is 0.678. The molecule has 1 unspecified atom stereocenters. The van der Waals surface area contributed by atoms with E-state index in [1.54, 1.807) is 19.2 Å². The van der Waals surface area contributed by atoms with E-state index in [0.29, 0.717) is 24.2 Å². The summed E-state index contributed by atoms with van der Waals surface area (Å²) in [5, 5.41) is 0. The molecule has 0 aromatic heterocycles. The molecule has 104 valence electrons.